The van der Waals surface area contributed by atoms with Crippen molar-refractivity contribution in [2.24, 2.45) is 0 Å². The van der Waals surface area contributed by atoms with Crippen LogP contribution in [0.3, 0.4) is 0 Å². The molecule has 0 bridgehead atoms. The van der Waals surface area contributed by atoms with Gasteiger partial charge in [0.25, 0.3) is 5.56 Å². The Morgan fingerprint density at radius 3 is 2.50 bits per heavy atom. The molecule has 8 heteroatoms. The molecule has 0 atom stereocenters. The molecule has 0 saturated heterocycles. The number of anilines is 1. The topological polar surface area (TPSA) is 136 Å². The molecular formula is C14H9FN4O3. The summed E-state index contributed by atoms with van der Waals surface area (Å²) in [6.07, 6.45) is 0. The van der Waals surface area contributed by atoms with Crippen LogP contribution in [-0.2, 0) is 0 Å². The molecule has 0 radical (unpaired) electrons. The van der Waals surface area contributed by atoms with Gasteiger partial charge in [-0.1, -0.05) is 0 Å². The molecule has 0 aliphatic carbocycles. The molecule has 0 saturated carbocycles. The minimum Gasteiger partial charge on any atom is -0.504 e. The van der Waals surface area contributed by atoms with E-state index in [0.29, 0.717) is 0 Å². The van der Waals surface area contributed by atoms with E-state index in [9.17, 15) is 19.6 Å². The number of rotatable bonds is 2. The van der Waals surface area contributed by atoms with Crippen molar-refractivity contribution in [2.45, 2.75) is 0 Å². The molecule has 7 nitrogen and oxygen atoms in total. The Kier molecular flexibility index (Phi) is 3.69. The molecular weight excluding hydrogens is 291 g/mol. The number of halogens is 1. The average molecular weight is 300 g/mol. The minimum atomic E-state index is -0.850. The molecule has 22 heavy (non-hydrogen) atoms. The standard InChI is InChI=1S/C14H9FN4O3/c1-22-10-3-6(15)2-7(12(10)20)11-8(4-16)13(18)19-14(21)9(11)5-17/h2-3,20H,1H3,(H3,18,19,21). The van der Waals surface area contributed by atoms with Crippen molar-refractivity contribution in [3.05, 3.63) is 39.4 Å². The fourth-order valence-corrected chi connectivity index (χ4v) is 2.03. The lowest BCUT2D eigenvalue weighted by Gasteiger charge is -2.12. The Morgan fingerprint density at radius 1 is 1.32 bits per heavy atom. The highest BCUT2D eigenvalue weighted by Gasteiger charge is 2.23. The van der Waals surface area contributed by atoms with Crippen molar-refractivity contribution >= 4 is 5.82 Å². The number of aromatic amines is 1. The monoisotopic (exact) mass is 300 g/mol. The molecule has 110 valence electrons. The lowest BCUT2D eigenvalue weighted by molar-refractivity contribution is 0.371. The number of methoxy groups -OCH3 is 1. The van der Waals surface area contributed by atoms with Gasteiger partial charge in [-0.25, -0.2) is 4.39 Å². The first-order valence-electron chi connectivity index (χ1n) is 5.87. The Hall–Kier alpha value is -3.52. The third kappa shape index (κ3) is 2.19. The van der Waals surface area contributed by atoms with E-state index in [-0.39, 0.29) is 28.3 Å². The number of phenolic OH excluding ortho intramolecular Hbond substituents is 1. The summed E-state index contributed by atoms with van der Waals surface area (Å²) in [5.41, 5.74) is 3.51. The molecule has 2 aromatic rings. The molecule has 1 aromatic carbocycles. The number of pyridine rings is 1. The number of hydrogen-bond acceptors (Lipinski definition) is 6. The first-order valence-corrected chi connectivity index (χ1v) is 5.87. The number of ether oxygens (including phenoxy) is 1. The van der Waals surface area contributed by atoms with Gasteiger partial charge in [0.2, 0.25) is 0 Å². The van der Waals surface area contributed by atoms with Crippen LogP contribution in [0, 0.1) is 28.5 Å². The number of nitriles is 2. The Balaban J connectivity index is 3.02. The summed E-state index contributed by atoms with van der Waals surface area (Å²) in [6, 6.07) is 5.16. The van der Waals surface area contributed by atoms with Gasteiger partial charge in [0.05, 0.1) is 7.11 Å². The predicted octanol–water partition coefficient (Wildman–Crippen LogP) is 1.22. The zero-order chi connectivity index (χ0) is 16.4. The summed E-state index contributed by atoms with van der Waals surface area (Å²) in [7, 11) is 1.21. The van der Waals surface area contributed by atoms with Crippen LogP contribution in [-0.4, -0.2) is 17.2 Å². The van der Waals surface area contributed by atoms with Crippen molar-refractivity contribution < 1.29 is 14.2 Å². The van der Waals surface area contributed by atoms with Crippen molar-refractivity contribution in [1.29, 1.82) is 10.5 Å². The Bertz CT molecular complexity index is 906. The van der Waals surface area contributed by atoms with Crippen LogP contribution in [0.2, 0.25) is 0 Å². The highest BCUT2D eigenvalue weighted by Crippen LogP contribution is 2.40. The first kappa shape index (κ1) is 14.9. The van der Waals surface area contributed by atoms with Gasteiger partial charge in [-0.15, -0.1) is 0 Å². The summed E-state index contributed by atoms with van der Waals surface area (Å²) in [5.74, 6) is -1.79. The Morgan fingerprint density at radius 2 is 1.95 bits per heavy atom. The maximum absolute atomic E-state index is 13.7. The number of nitrogen functional groups attached to an aromatic ring is 1. The first-order chi connectivity index (χ1) is 10.4. The number of hydrogen-bond donors (Lipinski definition) is 3. The minimum absolute atomic E-state index is 0.207. The van der Waals surface area contributed by atoms with Gasteiger partial charge in [0, 0.05) is 17.2 Å². The fourth-order valence-electron chi connectivity index (χ4n) is 2.03. The van der Waals surface area contributed by atoms with Crippen LogP contribution in [0.25, 0.3) is 11.1 Å². The SMILES string of the molecule is COc1cc(F)cc(-c2c(C#N)c(N)[nH]c(=O)c2C#N)c1O. The highest BCUT2D eigenvalue weighted by atomic mass is 19.1. The predicted molar refractivity (Wildman–Crippen MR) is 74.5 cm³/mol. The van der Waals surface area contributed by atoms with Gasteiger partial charge in [-0.2, -0.15) is 10.5 Å². The third-order valence-corrected chi connectivity index (χ3v) is 3.00. The normalized spacial score (nSPS) is 9.82. The maximum Gasteiger partial charge on any atom is 0.268 e. The molecule has 0 fully saturated rings. The van der Waals surface area contributed by atoms with Crippen LogP contribution in [0.4, 0.5) is 10.2 Å². The second-order valence-corrected chi connectivity index (χ2v) is 4.22. The van der Waals surface area contributed by atoms with Gasteiger partial charge in [-0.3, -0.25) is 4.79 Å². The van der Waals surface area contributed by atoms with Crippen molar-refractivity contribution in [2.75, 3.05) is 12.8 Å². The molecule has 0 aliphatic heterocycles. The second kappa shape index (κ2) is 5.46. The number of H-pyrrole nitrogens is 1. The van der Waals surface area contributed by atoms with Crippen LogP contribution in [0.5, 0.6) is 11.5 Å². The van der Waals surface area contributed by atoms with E-state index in [4.69, 9.17) is 15.7 Å². The highest BCUT2D eigenvalue weighted by molar-refractivity contribution is 5.84. The number of nitrogens with zero attached hydrogens (tertiary/aromatic N) is 2. The third-order valence-electron chi connectivity index (χ3n) is 3.00. The van der Waals surface area contributed by atoms with Crippen molar-refractivity contribution in [3.8, 4) is 34.8 Å². The zero-order valence-electron chi connectivity index (χ0n) is 11.3. The Labute approximate surface area is 123 Å². The van der Waals surface area contributed by atoms with Crippen LogP contribution in [0.15, 0.2) is 16.9 Å². The summed E-state index contributed by atoms with van der Waals surface area (Å²) < 4.78 is 18.5. The van der Waals surface area contributed by atoms with Crippen molar-refractivity contribution in [1.82, 2.24) is 4.98 Å². The second-order valence-electron chi connectivity index (χ2n) is 4.22. The number of phenols is 1. The van der Waals surface area contributed by atoms with Gasteiger partial charge in [-0.05, 0) is 6.07 Å². The molecule has 0 unspecified atom stereocenters. The summed E-state index contributed by atoms with van der Waals surface area (Å²) in [6.45, 7) is 0. The van der Waals surface area contributed by atoms with E-state index in [0.717, 1.165) is 12.1 Å². The number of aromatic hydroxyl groups is 1. The summed E-state index contributed by atoms with van der Waals surface area (Å²) in [4.78, 5) is 14.0. The van der Waals surface area contributed by atoms with E-state index in [1.807, 2.05) is 0 Å². The number of nitrogens with one attached hydrogen (secondary N) is 1. The van der Waals surface area contributed by atoms with E-state index in [2.05, 4.69) is 4.98 Å². The lowest BCUT2D eigenvalue weighted by atomic mass is 9.95. The maximum atomic E-state index is 13.7. The smallest absolute Gasteiger partial charge is 0.268 e. The zero-order valence-corrected chi connectivity index (χ0v) is 11.3. The van der Waals surface area contributed by atoms with E-state index in [1.54, 1.807) is 12.1 Å². The van der Waals surface area contributed by atoms with Crippen LogP contribution in [0.1, 0.15) is 11.1 Å². The number of nitrogens with two attached hydrogens (primary N) is 1. The molecule has 4 N–H and O–H groups in total. The average Bonchev–Trinajstić information content (AvgIpc) is 2.48. The van der Waals surface area contributed by atoms with Gasteiger partial charge in [0.15, 0.2) is 11.5 Å². The fraction of sp³-hybridized carbons (Fsp3) is 0.0714. The molecule has 0 aliphatic rings. The van der Waals surface area contributed by atoms with Crippen LogP contribution >= 0.6 is 0 Å². The van der Waals surface area contributed by atoms with Crippen molar-refractivity contribution in [3.63, 3.8) is 0 Å². The molecule has 0 amide bonds. The molecule has 0 spiro atoms. The quantitative estimate of drug-likeness (QED) is 0.762. The largest absolute Gasteiger partial charge is 0.504 e. The van der Waals surface area contributed by atoms with Gasteiger partial charge >= 0.3 is 0 Å². The lowest BCUT2D eigenvalue weighted by Crippen LogP contribution is -2.16. The molecule has 1 heterocycles. The molecule has 1 aromatic heterocycles. The molecule has 2 rings (SSSR count). The van der Waals surface area contributed by atoms with E-state index >= 15 is 0 Å². The van der Waals surface area contributed by atoms with E-state index < -0.39 is 22.7 Å². The van der Waals surface area contributed by atoms with E-state index in [1.165, 1.54) is 7.11 Å². The van der Waals surface area contributed by atoms with Crippen LogP contribution < -0.4 is 16.0 Å². The number of benzene rings is 1. The summed E-state index contributed by atoms with van der Waals surface area (Å²) >= 11 is 0. The van der Waals surface area contributed by atoms with Gasteiger partial charge in [0.1, 0.15) is 34.9 Å². The van der Waals surface area contributed by atoms with Gasteiger partial charge < -0.3 is 20.6 Å². The number of aromatic nitrogens is 1. The summed E-state index contributed by atoms with van der Waals surface area (Å²) in [5, 5.41) is 28.4.